The lowest BCUT2D eigenvalue weighted by molar-refractivity contribution is 0.0692. The summed E-state index contributed by atoms with van der Waals surface area (Å²) in [7, 11) is 0. The Balaban J connectivity index is 1.96. The largest absolute Gasteiger partial charge is 0.478 e. The second-order valence-electron chi connectivity index (χ2n) is 4.48. The number of nitrogens with one attached hydrogen (secondary N) is 2. The van der Waals surface area contributed by atoms with E-state index in [1.807, 2.05) is 11.8 Å². The van der Waals surface area contributed by atoms with E-state index in [2.05, 4.69) is 10.6 Å². The van der Waals surface area contributed by atoms with Crippen LogP contribution in [-0.4, -0.2) is 34.7 Å². The molecular weight excluding hydrogens is 283 g/mol. The van der Waals surface area contributed by atoms with Crippen LogP contribution >= 0.6 is 11.8 Å². The van der Waals surface area contributed by atoms with E-state index in [9.17, 15) is 14.0 Å². The maximum Gasteiger partial charge on any atom is 0.338 e. The average molecular weight is 298 g/mol. The minimum absolute atomic E-state index is 0.135. The van der Waals surface area contributed by atoms with Crippen molar-refractivity contribution >= 4 is 29.4 Å². The van der Waals surface area contributed by atoms with Crippen LogP contribution in [0.1, 0.15) is 23.2 Å². The van der Waals surface area contributed by atoms with E-state index in [0.717, 1.165) is 36.5 Å². The van der Waals surface area contributed by atoms with Gasteiger partial charge in [-0.1, -0.05) is 0 Å². The van der Waals surface area contributed by atoms with Gasteiger partial charge in [-0.25, -0.2) is 14.0 Å². The van der Waals surface area contributed by atoms with Gasteiger partial charge in [0.05, 0.1) is 5.56 Å². The predicted molar refractivity (Wildman–Crippen MR) is 75.9 cm³/mol. The molecule has 1 heterocycles. The number of carboxylic acid groups (broad SMARTS) is 1. The Bertz CT molecular complexity index is 518. The van der Waals surface area contributed by atoms with Crippen LogP contribution in [0.15, 0.2) is 18.2 Å². The Labute approximate surface area is 119 Å². The van der Waals surface area contributed by atoms with E-state index in [1.165, 1.54) is 6.07 Å². The highest BCUT2D eigenvalue weighted by molar-refractivity contribution is 7.99. The first-order valence-electron chi connectivity index (χ1n) is 6.24. The summed E-state index contributed by atoms with van der Waals surface area (Å²) in [5.74, 6) is -0.154. The van der Waals surface area contributed by atoms with Crippen LogP contribution in [0.3, 0.4) is 0 Å². The normalized spacial score (nSPS) is 15.7. The van der Waals surface area contributed by atoms with E-state index in [4.69, 9.17) is 5.11 Å². The molecule has 2 rings (SSSR count). The fraction of sp³-hybridized carbons (Fsp3) is 0.385. The quantitative estimate of drug-likeness (QED) is 0.801. The Morgan fingerprint density at radius 1 is 1.30 bits per heavy atom. The number of carbonyl (C=O) groups is 2. The number of halogens is 1. The van der Waals surface area contributed by atoms with E-state index >= 15 is 0 Å². The fourth-order valence-electron chi connectivity index (χ4n) is 1.96. The highest BCUT2D eigenvalue weighted by atomic mass is 32.2. The standard InChI is InChI=1S/C13H15FN2O3S/c14-11-2-1-9(7-10(11)12(17)18)16-13(19)15-8-3-5-20-6-4-8/h1-2,7-8H,3-6H2,(H,17,18)(H2,15,16,19). The first kappa shape index (κ1) is 14.6. The third kappa shape index (κ3) is 3.86. The van der Waals surface area contributed by atoms with Crippen LogP contribution in [0, 0.1) is 5.82 Å². The van der Waals surface area contributed by atoms with Gasteiger partial charge in [-0.2, -0.15) is 11.8 Å². The molecule has 0 aromatic heterocycles. The molecule has 0 saturated carbocycles. The lowest BCUT2D eigenvalue weighted by Crippen LogP contribution is -2.40. The zero-order valence-corrected chi connectivity index (χ0v) is 11.5. The van der Waals surface area contributed by atoms with Gasteiger partial charge in [0.15, 0.2) is 0 Å². The number of thioether (sulfide) groups is 1. The highest BCUT2D eigenvalue weighted by Gasteiger charge is 2.17. The molecule has 0 bridgehead atoms. The van der Waals surface area contributed by atoms with Crippen LogP contribution in [0.5, 0.6) is 0 Å². The molecule has 2 amide bonds. The van der Waals surface area contributed by atoms with E-state index < -0.39 is 23.4 Å². The number of carboxylic acids is 1. The number of aromatic carboxylic acids is 1. The molecule has 7 heteroatoms. The molecule has 108 valence electrons. The second-order valence-corrected chi connectivity index (χ2v) is 5.71. The van der Waals surface area contributed by atoms with Crippen LogP contribution in [0.4, 0.5) is 14.9 Å². The van der Waals surface area contributed by atoms with Crippen molar-refractivity contribution in [3.05, 3.63) is 29.6 Å². The number of anilines is 1. The Kier molecular flexibility index (Phi) is 4.84. The SMILES string of the molecule is O=C(Nc1ccc(F)c(C(=O)O)c1)NC1CCSCC1. The molecule has 1 aromatic carbocycles. The highest BCUT2D eigenvalue weighted by Crippen LogP contribution is 2.18. The maximum absolute atomic E-state index is 13.2. The Morgan fingerprint density at radius 3 is 2.65 bits per heavy atom. The predicted octanol–water partition coefficient (Wildman–Crippen LogP) is 2.54. The first-order chi connectivity index (χ1) is 9.56. The third-order valence-corrected chi connectivity index (χ3v) is 4.06. The first-order valence-corrected chi connectivity index (χ1v) is 7.40. The molecule has 1 fully saturated rings. The topological polar surface area (TPSA) is 78.4 Å². The van der Waals surface area contributed by atoms with Crippen LogP contribution in [0.2, 0.25) is 0 Å². The Morgan fingerprint density at radius 2 is 2.00 bits per heavy atom. The lowest BCUT2D eigenvalue weighted by atomic mass is 10.1. The number of benzene rings is 1. The van der Waals surface area contributed by atoms with Crippen molar-refractivity contribution in [2.24, 2.45) is 0 Å². The minimum Gasteiger partial charge on any atom is -0.478 e. The maximum atomic E-state index is 13.2. The summed E-state index contributed by atoms with van der Waals surface area (Å²) in [5.41, 5.74) is -0.205. The van der Waals surface area contributed by atoms with Crippen LogP contribution < -0.4 is 10.6 Å². The summed E-state index contributed by atoms with van der Waals surface area (Å²) in [6.07, 6.45) is 1.84. The summed E-state index contributed by atoms with van der Waals surface area (Å²) in [6, 6.07) is 3.20. The van der Waals surface area contributed by atoms with Crippen molar-refractivity contribution < 1.29 is 19.1 Å². The molecule has 0 spiro atoms. The van der Waals surface area contributed by atoms with E-state index in [-0.39, 0.29) is 11.7 Å². The number of urea groups is 1. The van der Waals surface area contributed by atoms with Crippen molar-refractivity contribution in [1.29, 1.82) is 0 Å². The monoisotopic (exact) mass is 298 g/mol. The van der Waals surface area contributed by atoms with Gasteiger partial charge in [0.2, 0.25) is 0 Å². The van der Waals surface area contributed by atoms with Crippen molar-refractivity contribution in [3.8, 4) is 0 Å². The van der Waals surface area contributed by atoms with Gasteiger partial charge in [0.25, 0.3) is 0 Å². The lowest BCUT2D eigenvalue weighted by Gasteiger charge is -2.22. The van der Waals surface area contributed by atoms with E-state index in [0.29, 0.717) is 0 Å². The zero-order valence-electron chi connectivity index (χ0n) is 10.7. The third-order valence-electron chi connectivity index (χ3n) is 3.01. The zero-order chi connectivity index (χ0) is 14.5. The molecule has 0 radical (unpaired) electrons. The van der Waals surface area contributed by atoms with Gasteiger partial charge in [-0.3, -0.25) is 0 Å². The molecule has 1 aliphatic heterocycles. The van der Waals surface area contributed by atoms with Crippen molar-refractivity contribution in [3.63, 3.8) is 0 Å². The van der Waals surface area contributed by atoms with Crippen molar-refractivity contribution in [1.82, 2.24) is 5.32 Å². The molecule has 0 atom stereocenters. The van der Waals surface area contributed by atoms with Crippen molar-refractivity contribution in [2.75, 3.05) is 16.8 Å². The fourth-order valence-corrected chi connectivity index (χ4v) is 3.07. The summed E-state index contributed by atoms with van der Waals surface area (Å²) in [6.45, 7) is 0. The molecule has 0 unspecified atom stereocenters. The molecule has 0 aliphatic carbocycles. The van der Waals surface area contributed by atoms with Crippen molar-refractivity contribution in [2.45, 2.75) is 18.9 Å². The van der Waals surface area contributed by atoms with Gasteiger partial charge >= 0.3 is 12.0 Å². The van der Waals surface area contributed by atoms with Crippen LogP contribution in [0.25, 0.3) is 0 Å². The second kappa shape index (κ2) is 6.60. The minimum atomic E-state index is -1.36. The molecular formula is C13H15FN2O3S. The number of carbonyl (C=O) groups excluding carboxylic acids is 1. The molecule has 1 saturated heterocycles. The average Bonchev–Trinajstić information content (AvgIpc) is 2.41. The Hall–Kier alpha value is -1.76. The molecule has 5 nitrogen and oxygen atoms in total. The summed E-state index contributed by atoms with van der Waals surface area (Å²) in [5, 5.41) is 14.2. The summed E-state index contributed by atoms with van der Waals surface area (Å²) < 4.78 is 13.2. The number of hydrogen-bond donors (Lipinski definition) is 3. The van der Waals surface area contributed by atoms with Gasteiger partial charge in [0.1, 0.15) is 5.82 Å². The van der Waals surface area contributed by atoms with Gasteiger partial charge in [-0.05, 0) is 42.5 Å². The van der Waals surface area contributed by atoms with Gasteiger partial charge < -0.3 is 15.7 Å². The molecule has 1 aliphatic rings. The molecule has 1 aromatic rings. The summed E-state index contributed by atoms with van der Waals surface area (Å²) in [4.78, 5) is 22.6. The number of amides is 2. The van der Waals surface area contributed by atoms with Crippen LogP contribution in [-0.2, 0) is 0 Å². The molecule has 20 heavy (non-hydrogen) atoms. The van der Waals surface area contributed by atoms with Gasteiger partial charge in [0, 0.05) is 11.7 Å². The number of rotatable bonds is 3. The van der Waals surface area contributed by atoms with E-state index in [1.54, 1.807) is 0 Å². The number of hydrogen-bond acceptors (Lipinski definition) is 3. The van der Waals surface area contributed by atoms with Gasteiger partial charge in [-0.15, -0.1) is 0 Å². The summed E-state index contributed by atoms with van der Waals surface area (Å²) >= 11 is 1.86. The molecule has 3 N–H and O–H groups in total. The smallest absolute Gasteiger partial charge is 0.338 e.